The third kappa shape index (κ3) is 3.38. The van der Waals surface area contributed by atoms with E-state index in [1.165, 1.54) is 0 Å². The lowest BCUT2D eigenvalue weighted by molar-refractivity contribution is 0.0292. The lowest BCUT2D eigenvalue weighted by atomic mass is 10.9. The number of ether oxygens (including phenoxy) is 1. The molecule has 0 saturated heterocycles. The van der Waals surface area contributed by atoms with Crippen molar-refractivity contribution in [3.63, 3.8) is 0 Å². The Morgan fingerprint density at radius 3 is 2.88 bits per heavy atom. The van der Waals surface area contributed by atoms with E-state index in [9.17, 15) is 4.79 Å². The van der Waals surface area contributed by atoms with E-state index >= 15 is 0 Å². The second kappa shape index (κ2) is 4.35. The molecule has 0 aromatic heterocycles. The topological polar surface area (TPSA) is 73.6 Å². The van der Waals surface area contributed by atoms with E-state index in [1.54, 1.807) is 12.4 Å². The number of amides is 1. The van der Waals surface area contributed by atoms with Gasteiger partial charge in [0.05, 0.1) is 6.61 Å². The minimum absolute atomic E-state index is 0.301. The summed E-state index contributed by atoms with van der Waals surface area (Å²) in [7, 11) is 0. The lowest BCUT2D eigenvalue weighted by Crippen LogP contribution is -2.27. The maximum Gasteiger partial charge on any atom is 0.432 e. The number of hydroxylamine groups is 1. The van der Waals surface area contributed by atoms with Gasteiger partial charge in [0.2, 0.25) is 0 Å². The first kappa shape index (κ1) is 7.19. The lowest BCUT2D eigenvalue weighted by Gasteiger charge is -1.98. The summed E-state index contributed by atoms with van der Waals surface area (Å²) in [6.07, 6.45) is -0.685. The van der Waals surface area contributed by atoms with E-state index < -0.39 is 6.09 Å². The number of hydrogen-bond acceptors (Lipinski definition) is 4. The van der Waals surface area contributed by atoms with Gasteiger partial charge in [-0.05, 0) is 6.92 Å². The zero-order valence-electron chi connectivity index (χ0n) is 4.51. The van der Waals surface area contributed by atoms with E-state index in [2.05, 4.69) is 15.6 Å². The van der Waals surface area contributed by atoms with Gasteiger partial charge in [-0.2, -0.15) is 16.3 Å². The first-order valence-corrected chi connectivity index (χ1v) is 2.09. The Bertz CT molecular complexity index is 66.9. The molecule has 0 unspecified atom stereocenters. The summed E-state index contributed by atoms with van der Waals surface area (Å²) < 4.78 is 4.33. The molecule has 48 valence electrons. The summed E-state index contributed by atoms with van der Waals surface area (Å²) in [6.45, 7) is 1.98. The van der Waals surface area contributed by atoms with Gasteiger partial charge in [-0.25, -0.2) is 4.79 Å². The van der Waals surface area contributed by atoms with E-state index in [-0.39, 0.29) is 0 Å². The van der Waals surface area contributed by atoms with Crippen LogP contribution in [0.4, 0.5) is 4.79 Å². The number of hydrogen-bond donors (Lipinski definition) is 2. The zero-order valence-corrected chi connectivity index (χ0v) is 4.51. The third-order valence-electron chi connectivity index (χ3n) is 0.418. The van der Waals surface area contributed by atoms with Crippen molar-refractivity contribution in [3.8, 4) is 0 Å². The Balaban J connectivity index is 3.06. The summed E-state index contributed by atoms with van der Waals surface area (Å²) in [5.41, 5.74) is 1.76. The highest BCUT2D eigenvalue weighted by Crippen LogP contribution is 1.72. The highest BCUT2D eigenvalue weighted by atomic mass is 16.8. The van der Waals surface area contributed by atoms with Gasteiger partial charge in [0.1, 0.15) is 0 Å². The molecule has 3 N–H and O–H groups in total. The number of carbonyl (C=O) groups is 1. The molecule has 5 nitrogen and oxygen atoms in total. The van der Waals surface area contributed by atoms with Crippen LogP contribution in [0, 0.1) is 0 Å². The molecule has 0 atom stereocenters. The molecule has 0 bridgehead atoms. The average molecular weight is 120 g/mol. The fourth-order valence-corrected chi connectivity index (χ4v) is 0.209. The van der Waals surface area contributed by atoms with Crippen LogP contribution in [0.1, 0.15) is 6.92 Å². The predicted octanol–water partition coefficient (Wildman–Crippen LogP) is -0.462. The van der Waals surface area contributed by atoms with Crippen LogP contribution in [-0.4, -0.2) is 12.7 Å². The van der Waals surface area contributed by atoms with Crippen molar-refractivity contribution < 1.29 is 14.5 Å². The summed E-state index contributed by atoms with van der Waals surface area (Å²) in [5, 5.41) is 0. The Morgan fingerprint density at radius 2 is 2.50 bits per heavy atom. The van der Waals surface area contributed by atoms with Crippen LogP contribution >= 0.6 is 0 Å². The standard InChI is InChI=1S/C3H8N2O3/c1-2-7-3(6)5-8-4/h2,4H2,1H3,(H,5,6). The highest BCUT2D eigenvalue weighted by molar-refractivity contribution is 5.65. The molecule has 8 heavy (non-hydrogen) atoms. The van der Waals surface area contributed by atoms with Crippen molar-refractivity contribution in [1.82, 2.24) is 5.48 Å². The van der Waals surface area contributed by atoms with Gasteiger partial charge >= 0.3 is 6.09 Å². The van der Waals surface area contributed by atoms with E-state index in [4.69, 9.17) is 0 Å². The maximum absolute atomic E-state index is 10.1. The van der Waals surface area contributed by atoms with E-state index in [0.29, 0.717) is 6.61 Å². The van der Waals surface area contributed by atoms with Crippen molar-refractivity contribution in [2.24, 2.45) is 5.90 Å². The molecule has 1 amide bonds. The Morgan fingerprint density at radius 1 is 1.88 bits per heavy atom. The van der Waals surface area contributed by atoms with Gasteiger partial charge < -0.3 is 4.74 Å². The van der Waals surface area contributed by atoms with Crippen LogP contribution < -0.4 is 11.4 Å². The van der Waals surface area contributed by atoms with Gasteiger partial charge in [-0.15, -0.1) is 0 Å². The predicted molar refractivity (Wildman–Crippen MR) is 25.4 cm³/mol. The first-order chi connectivity index (χ1) is 3.81. The van der Waals surface area contributed by atoms with Crippen molar-refractivity contribution in [1.29, 1.82) is 0 Å². The summed E-state index contributed by atoms with van der Waals surface area (Å²) in [5.74, 6) is 4.45. The van der Waals surface area contributed by atoms with Crippen LogP contribution in [0.3, 0.4) is 0 Å². The smallest absolute Gasteiger partial charge is 0.432 e. The molecule has 0 spiro atoms. The number of carbonyl (C=O) groups excluding carboxylic acids is 1. The van der Waals surface area contributed by atoms with E-state index in [0.717, 1.165) is 0 Å². The Hall–Kier alpha value is -0.810. The average Bonchev–Trinajstić information content (AvgIpc) is 1.68. The molecule has 0 heterocycles. The normalized spacial score (nSPS) is 8.25. The van der Waals surface area contributed by atoms with E-state index in [1.807, 2.05) is 0 Å². The van der Waals surface area contributed by atoms with Crippen molar-refractivity contribution in [2.75, 3.05) is 6.61 Å². The van der Waals surface area contributed by atoms with Gasteiger partial charge in [-0.1, -0.05) is 0 Å². The van der Waals surface area contributed by atoms with Gasteiger partial charge in [-0.3, -0.25) is 0 Å². The molecule has 0 aliphatic carbocycles. The largest absolute Gasteiger partial charge is 0.448 e. The second-order valence-corrected chi connectivity index (χ2v) is 0.940. The van der Waals surface area contributed by atoms with Crippen LogP contribution in [0.5, 0.6) is 0 Å². The number of nitrogens with two attached hydrogens (primary N) is 1. The Labute approximate surface area is 46.7 Å². The summed E-state index contributed by atoms with van der Waals surface area (Å²) in [4.78, 5) is 13.8. The number of rotatable bonds is 2. The zero-order chi connectivity index (χ0) is 6.41. The van der Waals surface area contributed by atoms with Crippen LogP contribution in [0.2, 0.25) is 0 Å². The minimum Gasteiger partial charge on any atom is -0.448 e. The quantitative estimate of drug-likeness (QED) is 0.483. The third-order valence-corrected chi connectivity index (χ3v) is 0.418. The van der Waals surface area contributed by atoms with Crippen molar-refractivity contribution in [2.45, 2.75) is 6.92 Å². The molecule has 0 aromatic carbocycles. The first-order valence-electron chi connectivity index (χ1n) is 2.09. The van der Waals surface area contributed by atoms with Crippen molar-refractivity contribution >= 4 is 6.09 Å². The summed E-state index contributed by atoms with van der Waals surface area (Å²) in [6, 6.07) is 0. The SMILES string of the molecule is CCOC(=O)NON. The molecule has 0 fully saturated rings. The van der Waals surface area contributed by atoms with Crippen LogP contribution in [-0.2, 0) is 9.68 Å². The molecule has 0 saturated carbocycles. The fraction of sp³-hybridized carbons (Fsp3) is 0.667. The van der Waals surface area contributed by atoms with Crippen molar-refractivity contribution in [3.05, 3.63) is 0 Å². The van der Waals surface area contributed by atoms with Crippen LogP contribution in [0.25, 0.3) is 0 Å². The number of nitrogens with one attached hydrogen (secondary N) is 1. The minimum atomic E-state index is -0.685. The molecule has 0 rings (SSSR count). The molecule has 0 radical (unpaired) electrons. The van der Waals surface area contributed by atoms with Gasteiger partial charge in [0.15, 0.2) is 0 Å². The molecular formula is C3H8N2O3. The maximum atomic E-state index is 10.1. The van der Waals surface area contributed by atoms with Crippen LogP contribution in [0.15, 0.2) is 0 Å². The monoisotopic (exact) mass is 120 g/mol. The molecule has 0 aliphatic rings. The molecule has 5 heteroatoms. The highest BCUT2D eigenvalue weighted by Gasteiger charge is 1.94. The fourth-order valence-electron chi connectivity index (χ4n) is 0.209. The summed E-state index contributed by atoms with van der Waals surface area (Å²) >= 11 is 0. The second-order valence-electron chi connectivity index (χ2n) is 0.940. The van der Waals surface area contributed by atoms with Gasteiger partial charge in [0, 0.05) is 0 Å². The van der Waals surface area contributed by atoms with Gasteiger partial charge in [0.25, 0.3) is 0 Å². The Kier molecular flexibility index (Phi) is 3.91. The molecule has 0 aliphatic heterocycles. The molecular weight excluding hydrogens is 112 g/mol. The molecule has 0 aromatic rings.